The Morgan fingerprint density at radius 3 is 2.93 bits per heavy atom. The molecule has 2 aromatic heterocycles. The molecule has 146 valence electrons. The molecular formula is C18H21N7O2S. The van der Waals surface area contributed by atoms with E-state index in [2.05, 4.69) is 25.9 Å². The quantitative estimate of drug-likeness (QED) is 0.610. The predicted octanol–water partition coefficient (Wildman–Crippen LogP) is 2.71. The maximum Gasteiger partial charge on any atom is 0.235 e. The molecule has 0 aliphatic heterocycles. The van der Waals surface area contributed by atoms with E-state index in [0.717, 1.165) is 24.3 Å². The lowest BCUT2D eigenvalue weighted by Crippen LogP contribution is -2.19. The zero-order chi connectivity index (χ0) is 19.3. The maximum atomic E-state index is 12.5. The minimum atomic E-state index is -0.126. The summed E-state index contributed by atoms with van der Waals surface area (Å²) < 4.78 is 8.86. The molecule has 3 aromatic rings. The number of amides is 1. The van der Waals surface area contributed by atoms with Crippen molar-refractivity contribution in [3.05, 3.63) is 36.5 Å². The van der Waals surface area contributed by atoms with Crippen molar-refractivity contribution in [3.63, 3.8) is 0 Å². The van der Waals surface area contributed by atoms with Gasteiger partial charge in [-0.05, 0) is 35.4 Å². The molecule has 0 saturated heterocycles. The molecule has 28 heavy (non-hydrogen) atoms. The van der Waals surface area contributed by atoms with Gasteiger partial charge in [-0.15, -0.1) is 5.10 Å². The van der Waals surface area contributed by atoms with E-state index in [0.29, 0.717) is 16.9 Å². The van der Waals surface area contributed by atoms with Crippen molar-refractivity contribution in [2.45, 2.75) is 36.9 Å². The number of methoxy groups -OCH3 is 1. The van der Waals surface area contributed by atoms with Crippen molar-refractivity contribution in [3.8, 4) is 11.4 Å². The number of nitrogens with one attached hydrogen (secondary N) is 1. The molecule has 0 bridgehead atoms. The maximum absolute atomic E-state index is 12.5. The van der Waals surface area contributed by atoms with Gasteiger partial charge < -0.3 is 10.1 Å². The monoisotopic (exact) mass is 399 g/mol. The first kappa shape index (κ1) is 18.5. The number of hydrogen-bond donors (Lipinski definition) is 1. The second-order valence-electron chi connectivity index (χ2n) is 6.48. The number of carbonyl (C=O) groups excluding carboxylic acids is 1. The third kappa shape index (κ3) is 3.86. The van der Waals surface area contributed by atoms with E-state index in [9.17, 15) is 4.79 Å². The fourth-order valence-electron chi connectivity index (χ4n) is 3.39. The number of anilines is 1. The lowest BCUT2D eigenvalue weighted by Gasteiger charge is -2.14. The van der Waals surface area contributed by atoms with Gasteiger partial charge in [0.25, 0.3) is 0 Å². The first-order valence-corrected chi connectivity index (χ1v) is 10.1. The summed E-state index contributed by atoms with van der Waals surface area (Å²) >= 11 is 1.27. The van der Waals surface area contributed by atoms with Gasteiger partial charge in [0, 0.05) is 6.07 Å². The van der Waals surface area contributed by atoms with E-state index in [1.165, 1.54) is 24.6 Å². The number of nitrogens with zero attached hydrogens (tertiary/aromatic N) is 6. The highest BCUT2D eigenvalue weighted by atomic mass is 32.2. The lowest BCUT2D eigenvalue weighted by atomic mass is 10.2. The van der Waals surface area contributed by atoms with Crippen LogP contribution in [-0.4, -0.2) is 48.8 Å². The number of hydrogen-bond acceptors (Lipinski definition) is 7. The minimum absolute atomic E-state index is 0.126. The van der Waals surface area contributed by atoms with Gasteiger partial charge in [0.15, 0.2) is 0 Å². The number of tetrazole rings is 1. The standard InChI is InChI=1S/C18H21N7O2S/c1-27-15-9-5-4-8-14(15)25-18(21-22-23-25)28-12-17(26)20-16-10-11-19-24(16)13-6-2-3-7-13/h4-5,8-11,13H,2-3,6-7,12H2,1H3,(H,20,26). The van der Waals surface area contributed by atoms with E-state index in [1.807, 2.05) is 35.0 Å². The van der Waals surface area contributed by atoms with E-state index in [4.69, 9.17) is 4.74 Å². The van der Waals surface area contributed by atoms with Crippen LogP contribution >= 0.6 is 11.8 Å². The van der Waals surface area contributed by atoms with Crippen LogP contribution < -0.4 is 10.1 Å². The number of para-hydroxylation sites is 2. The molecule has 0 radical (unpaired) electrons. The molecular weight excluding hydrogens is 378 g/mol. The Morgan fingerprint density at radius 2 is 2.11 bits per heavy atom. The molecule has 2 heterocycles. The molecule has 1 fully saturated rings. The highest BCUT2D eigenvalue weighted by molar-refractivity contribution is 7.99. The number of rotatable bonds is 7. The van der Waals surface area contributed by atoms with Crippen LogP contribution in [0.2, 0.25) is 0 Å². The number of carbonyl (C=O) groups is 1. The van der Waals surface area contributed by atoms with Crippen LogP contribution in [0.3, 0.4) is 0 Å². The SMILES string of the molecule is COc1ccccc1-n1nnnc1SCC(=O)Nc1ccnn1C1CCCC1. The van der Waals surface area contributed by atoms with Gasteiger partial charge in [-0.2, -0.15) is 9.78 Å². The molecule has 4 rings (SSSR count). The molecule has 0 atom stereocenters. The average Bonchev–Trinajstić information content (AvgIpc) is 3.47. The average molecular weight is 399 g/mol. The minimum Gasteiger partial charge on any atom is -0.494 e. The van der Waals surface area contributed by atoms with Gasteiger partial charge in [-0.1, -0.05) is 36.7 Å². The molecule has 1 N–H and O–H groups in total. The molecule has 1 aliphatic rings. The molecule has 0 spiro atoms. The van der Waals surface area contributed by atoms with Gasteiger partial charge in [-0.3, -0.25) is 4.79 Å². The Hall–Kier alpha value is -2.88. The number of thioether (sulfide) groups is 1. The Labute approximate surface area is 166 Å². The van der Waals surface area contributed by atoms with Crippen LogP contribution in [0.15, 0.2) is 41.7 Å². The fourth-order valence-corrected chi connectivity index (χ4v) is 4.07. The van der Waals surface area contributed by atoms with E-state index >= 15 is 0 Å². The Morgan fingerprint density at radius 1 is 1.29 bits per heavy atom. The third-order valence-corrected chi connectivity index (χ3v) is 5.61. The topological polar surface area (TPSA) is 99.8 Å². The third-order valence-electron chi connectivity index (χ3n) is 4.69. The van der Waals surface area contributed by atoms with Crippen LogP contribution in [0.25, 0.3) is 5.69 Å². The lowest BCUT2D eigenvalue weighted by molar-refractivity contribution is -0.113. The number of benzene rings is 1. The van der Waals surface area contributed by atoms with Gasteiger partial charge >= 0.3 is 0 Å². The highest BCUT2D eigenvalue weighted by Gasteiger charge is 2.21. The first-order valence-electron chi connectivity index (χ1n) is 9.14. The largest absolute Gasteiger partial charge is 0.494 e. The van der Waals surface area contributed by atoms with E-state index in [-0.39, 0.29) is 11.7 Å². The summed E-state index contributed by atoms with van der Waals surface area (Å²) in [6, 6.07) is 9.66. The zero-order valence-corrected chi connectivity index (χ0v) is 16.3. The predicted molar refractivity (Wildman–Crippen MR) is 105 cm³/mol. The Bertz CT molecular complexity index is 949. The summed E-state index contributed by atoms with van der Waals surface area (Å²) in [4.78, 5) is 12.5. The number of ether oxygens (including phenoxy) is 1. The Kier molecular flexibility index (Phi) is 5.56. The highest BCUT2D eigenvalue weighted by Crippen LogP contribution is 2.31. The fraction of sp³-hybridized carbons (Fsp3) is 0.389. The summed E-state index contributed by atoms with van der Waals surface area (Å²) in [6.07, 6.45) is 6.35. The summed E-state index contributed by atoms with van der Waals surface area (Å²) in [6.45, 7) is 0. The van der Waals surface area contributed by atoms with Crippen molar-refractivity contribution in [2.75, 3.05) is 18.2 Å². The molecule has 1 saturated carbocycles. The zero-order valence-electron chi connectivity index (χ0n) is 15.5. The van der Waals surface area contributed by atoms with Crippen molar-refractivity contribution in [1.29, 1.82) is 0 Å². The van der Waals surface area contributed by atoms with E-state index < -0.39 is 0 Å². The van der Waals surface area contributed by atoms with Crippen molar-refractivity contribution >= 4 is 23.5 Å². The van der Waals surface area contributed by atoms with Gasteiger partial charge in [0.05, 0.1) is 25.1 Å². The second kappa shape index (κ2) is 8.42. The van der Waals surface area contributed by atoms with Crippen LogP contribution in [0.4, 0.5) is 5.82 Å². The number of aromatic nitrogens is 6. The smallest absolute Gasteiger partial charge is 0.235 e. The second-order valence-corrected chi connectivity index (χ2v) is 7.42. The molecule has 0 unspecified atom stereocenters. The van der Waals surface area contributed by atoms with Crippen LogP contribution in [0.1, 0.15) is 31.7 Å². The Balaban J connectivity index is 1.41. The first-order chi connectivity index (χ1) is 13.8. The summed E-state index contributed by atoms with van der Waals surface area (Å²) in [7, 11) is 1.59. The summed E-state index contributed by atoms with van der Waals surface area (Å²) in [5.74, 6) is 1.45. The summed E-state index contributed by atoms with van der Waals surface area (Å²) in [5, 5.41) is 19.6. The van der Waals surface area contributed by atoms with Gasteiger partial charge in [-0.25, -0.2) is 4.68 Å². The van der Waals surface area contributed by atoms with Crippen molar-refractivity contribution in [2.24, 2.45) is 0 Å². The van der Waals surface area contributed by atoms with Crippen molar-refractivity contribution in [1.82, 2.24) is 30.0 Å². The molecule has 1 aromatic carbocycles. The van der Waals surface area contributed by atoms with Crippen LogP contribution in [0.5, 0.6) is 5.75 Å². The molecule has 10 heteroatoms. The molecule has 9 nitrogen and oxygen atoms in total. The molecule has 1 amide bonds. The van der Waals surface area contributed by atoms with Gasteiger partial charge in [0.1, 0.15) is 17.3 Å². The normalized spacial score (nSPS) is 14.3. The van der Waals surface area contributed by atoms with Crippen molar-refractivity contribution < 1.29 is 9.53 Å². The molecule has 1 aliphatic carbocycles. The van der Waals surface area contributed by atoms with Crippen LogP contribution in [0, 0.1) is 0 Å². The van der Waals surface area contributed by atoms with Gasteiger partial charge in [0.2, 0.25) is 11.1 Å². The van der Waals surface area contributed by atoms with E-state index in [1.54, 1.807) is 18.0 Å². The summed E-state index contributed by atoms with van der Waals surface area (Å²) in [5.41, 5.74) is 0.720. The van der Waals surface area contributed by atoms with Crippen LogP contribution in [-0.2, 0) is 4.79 Å².